The molecule has 0 aliphatic heterocycles. The largest absolute Gasteiger partial charge is 0.419 e. The van der Waals surface area contributed by atoms with Crippen LogP contribution < -0.4 is 5.32 Å². The van der Waals surface area contributed by atoms with Crippen molar-refractivity contribution in [2.24, 2.45) is 0 Å². The molecule has 1 heterocycles. The minimum atomic E-state index is -4.69. The van der Waals surface area contributed by atoms with Crippen molar-refractivity contribution in [1.82, 2.24) is 14.9 Å². The average Bonchev–Trinajstić information content (AvgIpc) is 2.82. The molecule has 1 unspecified atom stereocenters. The lowest BCUT2D eigenvalue weighted by atomic mass is 10.0. The maximum Gasteiger partial charge on any atom is 0.419 e. The molecule has 3 nitrogen and oxygen atoms in total. The Labute approximate surface area is 110 Å². The molecule has 0 saturated carbocycles. The minimum absolute atomic E-state index is 0.388. The number of halogens is 4. The van der Waals surface area contributed by atoms with Gasteiger partial charge in [-0.3, -0.25) is 0 Å². The third-order valence-electron chi connectivity index (χ3n) is 2.58. The number of hydrogen-bond donors (Lipinski definition) is 1. The number of rotatable bonds is 3. The van der Waals surface area contributed by atoms with E-state index in [-0.39, 0.29) is 0 Å². The van der Waals surface area contributed by atoms with Crippen molar-refractivity contribution >= 4 is 11.5 Å². The number of alkyl halides is 3. The SMILES string of the molecule is CNC(c1ccc(C(F)(F)F)c(F)c1)c1cnns1. The van der Waals surface area contributed by atoms with Crippen LogP contribution in [0.3, 0.4) is 0 Å². The molecule has 1 N–H and O–H groups in total. The number of hydrogen-bond acceptors (Lipinski definition) is 4. The van der Waals surface area contributed by atoms with Crippen LogP contribution in [0.15, 0.2) is 24.4 Å². The molecule has 102 valence electrons. The fourth-order valence-electron chi connectivity index (χ4n) is 1.72. The summed E-state index contributed by atoms with van der Waals surface area (Å²) in [6.07, 6.45) is -3.20. The van der Waals surface area contributed by atoms with Crippen molar-refractivity contribution in [3.63, 3.8) is 0 Å². The lowest BCUT2D eigenvalue weighted by Gasteiger charge is -2.16. The molecule has 0 bridgehead atoms. The first-order valence-corrected chi connectivity index (χ1v) is 6.02. The molecule has 8 heteroatoms. The Morgan fingerprint density at radius 3 is 2.53 bits per heavy atom. The predicted molar refractivity (Wildman–Crippen MR) is 62.2 cm³/mol. The Bertz CT molecular complexity index is 554. The van der Waals surface area contributed by atoms with E-state index in [4.69, 9.17) is 0 Å². The van der Waals surface area contributed by atoms with E-state index in [0.29, 0.717) is 10.4 Å². The van der Waals surface area contributed by atoms with Crippen LogP contribution in [0, 0.1) is 5.82 Å². The normalized spacial score (nSPS) is 13.5. The standard InChI is InChI=1S/C11H9F4N3S/c1-16-10(9-5-17-18-19-9)6-2-3-7(8(12)4-6)11(13,14)15/h2-5,10,16H,1H3. The summed E-state index contributed by atoms with van der Waals surface area (Å²) >= 11 is 1.10. The Morgan fingerprint density at radius 1 is 1.32 bits per heavy atom. The lowest BCUT2D eigenvalue weighted by Crippen LogP contribution is -2.17. The van der Waals surface area contributed by atoms with Gasteiger partial charge in [0, 0.05) is 0 Å². The zero-order valence-corrected chi connectivity index (χ0v) is 10.5. The summed E-state index contributed by atoms with van der Waals surface area (Å²) in [7, 11) is 1.62. The highest BCUT2D eigenvalue weighted by Crippen LogP contribution is 2.33. The zero-order valence-electron chi connectivity index (χ0n) is 9.70. The Hall–Kier alpha value is -1.54. The van der Waals surface area contributed by atoms with E-state index in [1.807, 2.05) is 0 Å². The molecule has 0 fully saturated rings. The predicted octanol–water partition coefficient (Wildman–Crippen LogP) is 3.00. The van der Waals surface area contributed by atoms with Gasteiger partial charge < -0.3 is 5.32 Å². The van der Waals surface area contributed by atoms with Crippen LogP contribution in [-0.2, 0) is 6.18 Å². The van der Waals surface area contributed by atoms with Crippen molar-refractivity contribution < 1.29 is 17.6 Å². The lowest BCUT2D eigenvalue weighted by molar-refractivity contribution is -0.140. The molecule has 2 aromatic rings. The van der Waals surface area contributed by atoms with Gasteiger partial charge in [0.15, 0.2) is 0 Å². The molecule has 0 spiro atoms. The van der Waals surface area contributed by atoms with Gasteiger partial charge in [0.1, 0.15) is 5.82 Å². The highest BCUT2D eigenvalue weighted by atomic mass is 32.1. The summed E-state index contributed by atoms with van der Waals surface area (Å²) in [6.45, 7) is 0. The van der Waals surface area contributed by atoms with Gasteiger partial charge >= 0.3 is 6.18 Å². The van der Waals surface area contributed by atoms with Gasteiger partial charge in [-0.25, -0.2) is 4.39 Å². The summed E-state index contributed by atoms with van der Waals surface area (Å²) in [5, 5.41) is 6.54. The third kappa shape index (κ3) is 2.90. The van der Waals surface area contributed by atoms with Crippen LogP contribution in [0.2, 0.25) is 0 Å². The number of nitrogens with zero attached hydrogens (tertiary/aromatic N) is 2. The van der Waals surface area contributed by atoms with Gasteiger partial charge in [-0.1, -0.05) is 10.6 Å². The fraction of sp³-hybridized carbons (Fsp3) is 0.273. The Balaban J connectivity index is 2.39. The van der Waals surface area contributed by atoms with E-state index in [0.717, 1.165) is 23.7 Å². The van der Waals surface area contributed by atoms with Crippen molar-refractivity contribution in [2.45, 2.75) is 12.2 Å². The van der Waals surface area contributed by atoms with E-state index >= 15 is 0 Å². The molecule has 0 radical (unpaired) electrons. The molecule has 0 aliphatic rings. The second-order valence-corrected chi connectivity index (χ2v) is 4.60. The van der Waals surface area contributed by atoms with Gasteiger partial charge in [0.2, 0.25) is 0 Å². The molecular formula is C11H9F4N3S. The summed E-state index contributed by atoms with van der Waals surface area (Å²) in [5.74, 6) is -1.29. The Kier molecular flexibility index (Phi) is 3.81. The van der Waals surface area contributed by atoms with E-state index < -0.39 is 23.6 Å². The summed E-state index contributed by atoms with van der Waals surface area (Å²) < 4.78 is 54.6. The maximum atomic E-state index is 13.5. The van der Waals surface area contributed by atoms with Crippen molar-refractivity contribution in [2.75, 3.05) is 7.05 Å². The van der Waals surface area contributed by atoms with E-state index in [1.165, 1.54) is 12.3 Å². The molecular weight excluding hydrogens is 282 g/mol. The van der Waals surface area contributed by atoms with Gasteiger partial charge in [0.25, 0.3) is 0 Å². The highest BCUT2D eigenvalue weighted by molar-refractivity contribution is 7.05. The molecule has 1 atom stereocenters. The van der Waals surface area contributed by atoms with Crippen LogP contribution in [0.4, 0.5) is 17.6 Å². The topological polar surface area (TPSA) is 37.8 Å². The number of benzene rings is 1. The molecule has 0 aliphatic carbocycles. The zero-order chi connectivity index (χ0) is 14.0. The average molecular weight is 291 g/mol. The van der Waals surface area contributed by atoms with Crippen LogP contribution in [-0.4, -0.2) is 16.6 Å². The smallest absolute Gasteiger partial charge is 0.309 e. The van der Waals surface area contributed by atoms with Crippen molar-refractivity contribution in [3.05, 3.63) is 46.2 Å². The second-order valence-electron chi connectivity index (χ2n) is 3.78. The Morgan fingerprint density at radius 2 is 2.05 bits per heavy atom. The maximum absolute atomic E-state index is 13.5. The monoisotopic (exact) mass is 291 g/mol. The molecule has 2 rings (SSSR count). The van der Waals surface area contributed by atoms with Gasteiger partial charge in [-0.15, -0.1) is 5.10 Å². The first-order chi connectivity index (χ1) is 8.93. The first kappa shape index (κ1) is 13.9. The highest BCUT2D eigenvalue weighted by Gasteiger charge is 2.34. The van der Waals surface area contributed by atoms with E-state index in [1.54, 1.807) is 7.05 Å². The molecule has 1 aromatic heterocycles. The minimum Gasteiger partial charge on any atom is -0.309 e. The molecule has 1 aromatic carbocycles. The number of nitrogens with one attached hydrogen (secondary N) is 1. The van der Waals surface area contributed by atoms with Crippen LogP contribution in [0.25, 0.3) is 0 Å². The van der Waals surface area contributed by atoms with Gasteiger partial charge in [0.05, 0.1) is 22.7 Å². The van der Waals surface area contributed by atoms with Crippen molar-refractivity contribution in [3.8, 4) is 0 Å². The van der Waals surface area contributed by atoms with E-state index in [2.05, 4.69) is 14.9 Å². The van der Waals surface area contributed by atoms with Crippen molar-refractivity contribution in [1.29, 1.82) is 0 Å². The summed E-state index contributed by atoms with van der Waals surface area (Å²) in [4.78, 5) is 0.696. The molecule has 19 heavy (non-hydrogen) atoms. The van der Waals surface area contributed by atoms with Crippen LogP contribution in [0.1, 0.15) is 22.0 Å². The second kappa shape index (κ2) is 5.22. The van der Waals surface area contributed by atoms with Crippen LogP contribution in [0.5, 0.6) is 0 Å². The van der Waals surface area contributed by atoms with Gasteiger partial charge in [-0.05, 0) is 36.3 Å². The quantitative estimate of drug-likeness (QED) is 0.883. The van der Waals surface area contributed by atoms with Gasteiger partial charge in [-0.2, -0.15) is 13.2 Å². The fourth-order valence-corrected chi connectivity index (χ4v) is 2.36. The molecule has 0 amide bonds. The first-order valence-electron chi connectivity index (χ1n) is 5.24. The summed E-state index contributed by atoms with van der Waals surface area (Å²) in [5.41, 5.74) is -0.882. The third-order valence-corrected chi connectivity index (χ3v) is 3.31. The number of aromatic nitrogens is 2. The summed E-state index contributed by atoms with van der Waals surface area (Å²) in [6, 6.07) is 2.43. The molecule has 0 saturated heterocycles. The van der Waals surface area contributed by atoms with E-state index in [9.17, 15) is 17.6 Å². The van der Waals surface area contributed by atoms with Crippen LogP contribution >= 0.6 is 11.5 Å².